The zero-order valence-corrected chi connectivity index (χ0v) is 33.5. The van der Waals surface area contributed by atoms with Crippen LogP contribution in [0.15, 0.2) is 97.3 Å². The van der Waals surface area contributed by atoms with E-state index >= 15 is 4.79 Å². The van der Waals surface area contributed by atoms with Gasteiger partial charge in [-0.2, -0.15) is 0 Å². The third-order valence-corrected chi connectivity index (χ3v) is 12.6. The average molecular weight is 814 g/mol. The number of aliphatic hydroxyl groups excluding tert-OH is 2. The van der Waals surface area contributed by atoms with Crippen molar-refractivity contribution in [3.05, 3.63) is 125 Å². The zero-order chi connectivity index (χ0) is 42.0. The maximum absolute atomic E-state index is 15.2. The number of nitrogens with one attached hydrogen (secondary N) is 2. The Morgan fingerprint density at radius 3 is 2.63 bits per heavy atom. The summed E-state index contributed by atoms with van der Waals surface area (Å²) in [5.74, 6) is -1.11. The number of ketones is 1. The molecule has 6 aromatic rings. The predicted octanol–water partition coefficient (Wildman–Crippen LogP) is 7.53. The lowest BCUT2D eigenvalue weighted by molar-refractivity contribution is -0.132. The smallest absolute Gasteiger partial charge is 0.200 e. The fourth-order valence-corrected chi connectivity index (χ4v) is 9.77. The highest BCUT2D eigenvalue weighted by molar-refractivity contribution is 5.87. The van der Waals surface area contributed by atoms with Crippen LogP contribution in [0.4, 0.5) is 11.5 Å². The van der Waals surface area contributed by atoms with Crippen molar-refractivity contribution in [2.75, 3.05) is 19.0 Å². The number of aliphatic hydroxyl groups is 2. The number of aryl methyl sites for hydroxylation is 2. The van der Waals surface area contributed by atoms with Crippen molar-refractivity contribution in [1.82, 2.24) is 9.97 Å². The standard InChI is InChI=1S/C48H51N3O9/c1-59-43-23-28(22-42(57)46(43)58)6-13-39(54)45(40(55)14-9-29-10-15-41(56)47-36(29)5-3-21-60-47)48(18-16-38(53)37(48)27-33-4-2-19-49-33)32-17-20-50-44(26-32)51-34-11-7-31-25-35(52)12-8-30(31)24-34/h2,4,7-8,10-12,15,17,19-20,22-26,37-38,40,45,49,52-53,55-58H,3,5-6,9,13-14,16,18,21,27H2,1H3,(H,50,51)/t37-,38+,40-,45-,48+/m1/s1. The minimum Gasteiger partial charge on any atom is -0.508 e. The first-order valence-corrected chi connectivity index (χ1v) is 20.6. The molecule has 5 atom stereocenters. The number of phenolic OH excluding ortho intramolecular Hbond substituents is 4. The van der Waals surface area contributed by atoms with E-state index in [1.165, 1.54) is 13.2 Å². The number of hydrogen-bond acceptors (Lipinski definition) is 11. The number of hydrogen-bond donors (Lipinski definition) is 8. The Kier molecular flexibility index (Phi) is 11.6. The van der Waals surface area contributed by atoms with Gasteiger partial charge >= 0.3 is 0 Å². The molecule has 1 aliphatic carbocycles. The molecule has 0 saturated heterocycles. The van der Waals surface area contributed by atoms with Crippen LogP contribution < -0.4 is 14.8 Å². The Labute approximate surface area is 348 Å². The first-order chi connectivity index (χ1) is 29.0. The van der Waals surface area contributed by atoms with Gasteiger partial charge in [-0.1, -0.05) is 18.2 Å². The van der Waals surface area contributed by atoms with E-state index in [0.29, 0.717) is 49.4 Å². The lowest BCUT2D eigenvalue weighted by Gasteiger charge is -2.45. The second-order valence-corrected chi connectivity index (χ2v) is 16.2. The topological polar surface area (TPSA) is 198 Å². The molecule has 0 bridgehead atoms. The molecule has 2 aromatic heterocycles. The van der Waals surface area contributed by atoms with Gasteiger partial charge in [0.2, 0.25) is 5.75 Å². The Hall–Kier alpha value is -6.24. The number of aromatic hydroxyl groups is 4. The van der Waals surface area contributed by atoms with E-state index in [4.69, 9.17) is 9.47 Å². The van der Waals surface area contributed by atoms with Gasteiger partial charge in [0.25, 0.3) is 0 Å². The van der Waals surface area contributed by atoms with Crippen molar-refractivity contribution in [3.8, 4) is 34.5 Å². The Bertz CT molecular complexity index is 2490. The Balaban J connectivity index is 1.20. The summed E-state index contributed by atoms with van der Waals surface area (Å²) in [7, 11) is 1.39. The quantitative estimate of drug-likeness (QED) is 0.0477. The maximum Gasteiger partial charge on any atom is 0.200 e. The molecule has 8 rings (SSSR count). The van der Waals surface area contributed by atoms with E-state index < -0.39 is 29.5 Å². The van der Waals surface area contributed by atoms with Gasteiger partial charge in [0, 0.05) is 47.1 Å². The van der Waals surface area contributed by atoms with E-state index in [1.807, 2.05) is 60.8 Å². The molecule has 12 nitrogen and oxygen atoms in total. The molecule has 1 aliphatic heterocycles. The van der Waals surface area contributed by atoms with Crippen molar-refractivity contribution >= 4 is 28.1 Å². The third-order valence-electron chi connectivity index (χ3n) is 12.6. The van der Waals surface area contributed by atoms with E-state index in [0.717, 1.165) is 51.7 Å². The number of aromatic nitrogens is 2. The van der Waals surface area contributed by atoms with Crippen LogP contribution in [0, 0.1) is 11.8 Å². The number of aromatic amines is 1. The van der Waals surface area contributed by atoms with Crippen LogP contribution in [0.2, 0.25) is 0 Å². The second kappa shape index (κ2) is 17.2. The number of benzene rings is 4. The number of methoxy groups -OCH3 is 1. The number of carbonyl (C=O) groups excluding carboxylic acids is 1. The van der Waals surface area contributed by atoms with Gasteiger partial charge in [0.15, 0.2) is 23.0 Å². The summed E-state index contributed by atoms with van der Waals surface area (Å²) >= 11 is 0. The number of nitrogens with zero attached hydrogens (tertiary/aromatic N) is 1. The van der Waals surface area contributed by atoms with Crippen LogP contribution in [0.25, 0.3) is 10.8 Å². The second-order valence-electron chi connectivity index (χ2n) is 16.2. The van der Waals surface area contributed by atoms with Crippen molar-refractivity contribution < 1.29 is 44.9 Å². The number of phenols is 4. The van der Waals surface area contributed by atoms with E-state index in [9.17, 15) is 30.6 Å². The van der Waals surface area contributed by atoms with E-state index in [-0.39, 0.29) is 53.8 Å². The summed E-state index contributed by atoms with van der Waals surface area (Å²) in [4.78, 5) is 23.2. The van der Waals surface area contributed by atoms with Crippen molar-refractivity contribution in [2.45, 2.75) is 75.4 Å². The van der Waals surface area contributed by atoms with Gasteiger partial charge in [0.05, 0.1) is 31.8 Å². The molecule has 312 valence electrons. The molecular weight excluding hydrogens is 763 g/mol. The lowest BCUT2D eigenvalue weighted by atomic mass is 9.58. The number of rotatable bonds is 15. The Morgan fingerprint density at radius 2 is 1.82 bits per heavy atom. The molecule has 60 heavy (non-hydrogen) atoms. The molecule has 1 fully saturated rings. The first-order valence-electron chi connectivity index (χ1n) is 20.6. The molecule has 3 heterocycles. The molecule has 2 aliphatic rings. The van der Waals surface area contributed by atoms with Gasteiger partial charge in [-0.3, -0.25) is 4.79 Å². The number of fused-ring (bicyclic) bond motifs is 2. The van der Waals surface area contributed by atoms with E-state index in [2.05, 4.69) is 15.3 Å². The highest BCUT2D eigenvalue weighted by atomic mass is 16.5. The summed E-state index contributed by atoms with van der Waals surface area (Å²) in [5, 5.41) is 71.2. The highest BCUT2D eigenvalue weighted by Gasteiger charge is 2.57. The molecule has 0 unspecified atom stereocenters. The molecule has 0 amide bonds. The number of anilines is 2. The fraction of sp³-hybridized carbons (Fsp3) is 0.333. The normalized spacial score (nSPS) is 19.6. The summed E-state index contributed by atoms with van der Waals surface area (Å²) in [6.07, 6.45) is 5.14. The van der Waals surface area contributed by atoms with Gasteiger partial charge in [0.1, 0.15) is 17.4 Å². The lowest BCUT2D eigenvalue weighted by Crippen LogP contribution is -2.51. The van der Waals surface area contributed by atoms with Gasteiger partial charge in [-0.15, -0.1) is 0 Å². The Morgan fingerprint density at radius 1 is 0.983 bits per heavy atom. The first kappa shape index (κ1) is 40.5. The van der Waals surface area contributed by atoms with E-state index in [1.54, 1.807) is 30.5 Å². The predicted molar refractivity (Wildman–Crippen MR) is 227 cm³/mol. The molecule has 0 spiro atoms. The summed E-state index contributed by atoms with van der Waals surface area (Å²) in [6.45, 7) is 0.509. The number of pyridine rings is 1. The van der Waals surface area contributed by atoms with Crippen molar-refractivity contribution in [2.24, 2.45) is 11.8 Å². The van der Waals surface area contributed by atoms with Crippen LogP contribution in [-0.2, 0) is 35.9 Å². The van der Waals surface area contributed by atoms with Crippen LogP contribution in [-0.4, -0.2) is 72.3 Å². The summed E-state index contributed by atoms with van der Waals surface area (Å²) in [6, 6.07) is 25.1. The molecule has 12 heteroatoms. The monoisotopic (exact) mass is 813 g/mol. The van der Waals surface area contributed by atoms with Crippen molar-refractivity contribution in [3.63, 3.8) is 0 Å². The zero-order valence-electron chi connectivity index (χ0n) is 33.5. The minimum absolute atomic E-state index is 0.00650. The van der Waals surface area contributed by atoms with Crippen LogP contribution in [0.1, 0.15) is 60.1 Å². The van der Waals surface area contributed by atoms with Gasteiger partial charge in [-0.25, -0.2) is 4.98 Å². The number of carbonyl (C=O) groups is 1. The minimum atomic E-state index is -1.16. The summed E-state index contributed by atoms with van der Waals surface area (Å²) in [5.41, 5.74) is 3.77. The number of ether oxygens (including phenoxy) is 2. The fourth-order valence-electron chi connectivity index (χ4n) is 9.77. The molecule has 1 saturated carbocycles. The van der Waals surface area contributed by atoms with Crippen LogP contribution >= 0.6 is 0 Å². The SMILES string of the molecule is COc1cc(CCC(=O)[C@H]([C@H](O)CCc2ccc(O)c3c2CCCO3)[C@]2(c3ccnc(Nc4ccc5cc(O)ccc5c4)c3)CC[C@H](O)[C@H]2Cc2ccc[nH]2)cc(O)c1O. The largest absolute Gasteiger partial charge is 0.508 e. The highest BCUT2D eigenvalue weighted by Crippen LogP contribution is 2.54. The molecule has 4 aromatic carbocycles. The summed E-state index contributed by atoms with van der Waals surface area (Å²) < 4.78 is 11.1. The maximum atomic E-state index is 15.2. The number of Topliss-reactive ketones (excluding diaryl/α,β-unsaturated/α-hetero) is 1. The molecular formula is C48H51N3O9. The van der Waals surface area contributed by atoms with Gasteiger partial charge in [-0.05, 0) is 146 Å². The molecule has 8 N–H and O–H groups in total. The van der Waals surface area contributed by atoms with Gasteiger partial charge < -0.3 is 50.4 Å². The molecule has 0 radical (unpaired) electrons. The van der Waals surface area contributed by atoms with Crippen LogP contribution in [0.3, 0.4) is 0 Å². The van der Waals surface area contributed by atoms with Crippen molar-refractivity contribution in [1.29, 1.82) is 0 Å². The number of H-pyrrole nitrogens is 1. The third kappa shape index (κ3) is 8.04. The average Bonchev–Trinajstić information content (AvgIpc) is 3.89. The van der Waals surface area contributed by atoms with Crippen LogP contribution in [0.5, 0.6) is 34.5 Å².